The molecule has 5 nitrogen and oxygen atoms in total. The molecule has 0 aliphatic carbocycles. The largest absolute Gasteiger partial charge is 0.493 e. The Hall–Kier alpha value is -2.06. The van der Waals surface area contributed by atoms with Gasteiger partial charge in [-0.05, 0) is 30.5 Å². The molecule has 0 amide bonds. The van der Waals surface area contributed by atoms with Crippen LogP contribution in [0.2, 0.25) is 0 Å². The van der Waals surface area contributed by atoms with Crippen LogP contribution in [0.15, 0.2) is 18.2 Å². The van der Waals surface area contributed by atoms with Crippen LogP contribution in [0.25, 0.3) is 0 Å². The maximum absolute atomic E-state index is 12.5. The van der Waals surface area contributed by atoms with Crippen molar-refractivity contribution in [2.45, 2.75) is 18.8 Å². The normalized spacial score (nSPS) is 19.4. The Bertz CT molecular complexity index is 544. The van der Waals surface area contributed by atoms with E-state index in [1.165, 1.54) is 7.11 Å². The van der Waals surface area contributed by atoms with Crippen LogP contribution in [0.4, 0.5) is 0 Å². The molecule has 1 aliphatic rings. The Balaban J connectivity index is 2.24. The fourth-order valence-electron chi connectivity index (χ4n) is 2.54. The summed E-state index contributed by atoms with van der Waals surface area (Å²) in [5.41, 5.74) is 0.630. The molecule has 0 aromatic heterocycles. The topological polar surface area (TPSA) is 68.5 Å². The lowest BCUT2D eigenvalue weighted by molar-refractivity contribution is -0.127. The lowest BCUT2D eigenvalue weighted by atomic mass is 9.85. The molecule has 5 heteroatoms. The van der Waals surface area contributed by atoms with Gasteiger partial charge in [-0.3, -0.25) is 4.79 Å². The lowest BCUT2D eigenvalue weighted by Crippen LogP contribution is -2.29. The zero-order valence-electron chi connectivity index (χ0n) is 12.3. The van der Waals surface area contributed by atoms with Crippen LogP contribution in [0.1, 0.15) is 24.3 Å². The maximum Gasteiger partial charge on any atom is 0.161 e. The molecule has 112 valence electrons. The Kier molecular flexibility index (Phi) is 5.18. The molecule has 0 radical (unpaired) electrons. The number of benzene rings is 1. The average Bonchev–Trinajstić information content (AvgIpc) is 2.56. The predicted octanol–water partition coefficient (Wildman–Crippen LogP) is 2.31. The van der Waals surface area contributed by atoms with Crippen LogP contribution in [0.3, 0.4) is 0 Å². The third-order valence-electron chi connectivity index (χ3n) is 3.72. The van der Waals surface area contributed by atoms with E-state index in [0.717, 1.165) is 12.8 Å². The smallest absolute Gasteiger partial charge is 0.161 e. The van der Waals surface area contributed by atoms with Gasteiger partial charge in [-0.25, -0.2) is 0 Å². The van der Waals surface area contributed by atoms with E-state index >= 15 is 0 Å². The molecule has 1 aromatic carbocycles. The summed E-state index contributed by atoms with van der Waals surface area (Å²) in [6, 6.07) is 7.24. The van der Waals surface area contributed by atoms with Crippen LogP contribution in [-0.2, 0) is 9.53 Å². The fourth-order valence-corrected chi connectivity index (χ4v) is 2.54. The van der Waals surface area contributed by atoms with Gasteiger partial charge < -0.3 is 14.2 Å². The van der Waals surface area contributed by atoms with Gasteiger partial charge in [0.05, 0.1) is 26.9 Å². The van der Waals surface area contributed by atoms with Gasteiger partial charge in [0.2, 0.25) is 0 Å². The number of nitriles is 1. The van der Waals surface area contributed by atoms with Crippen LogP contribution in [0, 0.1) is 17.2 Å². The highest BCUT2D eigenvalue weighted by atomic mass is 16.5. The first kappa shape index (κ1) is 15.3. The van der Waals surface area contributed by atoms with E-state index in [4.69, 9.17) is 14.2 Å². The van der Waals surface area contributed by atoms with Crippen molar-refractivity contribution in [3.05, 3.63) is 23.8 Å². The molecule has 2 rings (SSSR count). The van der Waals surface area contributed by atoms with E-state index in [2.05, 4.69) is 6.07 Å². The first-order chi connectivity index (χ1) is 10.2. The van der Waals surface area contributed by atoms with Gasteiger partial charge in [0, 0.05) is 12.5 Å². The lowest BCUT2D eigenvalue weighted by Gasteiger charge is -2.23. The van der Waals surface area contributed by atoms with E-state index in [1.54, 1.807) is 25.3 Å². The summed E-state index contributed by atoms with van der Waals surface area (Å²) in [6.07, 6.45) is 1.64. The van der Waals surface area contributed by atoms with E-state index in [-0.39, 0.29) is 11.7 Å². The highest BCUT2D eigenvalue weighted by Crippen LogP contribution is 2.32. The van der Waals surface area contributed by atoms with Crippen molar-refractivity contribution >= 4 is 5.78 Å². The monoisotopic (exact) mass is 289 g/mol. The van der Waals surface area contributed by atoms with E-state index in [1.807, 2.05) is 0 Å². The van der Waals surface area contributed by atoms with Crippen molar-refractivity contribution in [3.63, 3.8) is 0 Å². The number of ether oxygens (including phenoxy) is 3. The minimum atomic E-state index is -0.795. The quantitative estimate of drug-likeness (QED) is 0.832. The summed E-state index contributed by atoms with van der Waals surface area (Å²) < 4.78 is 15.7. The second-order valence-corrected chi connectivity index (χ2v) is 4.99. The Morgan fingerprint density at radius 1 is 1.38 bits per heavy atom. The van der Waals surface area contributed by atoms with Crippen molar-refractivity contribution < 1.29 is 19.0 Å². The summed E-state index contributed by atoms with van der Waals surface area (Å²) in [6.45, 7) is 1.10. The summed E-state index contributed by atoms with van der Waals surface area (Å²) in [7, 11) is 3.07. The summed E-state index contributed by atoms with van der Waals surface area (Å²) >= 11 is 0. The average molecular weight is 289 g/mol. The Labute approximate surface area is 124 Å². The second kappa shape index (κ2) is 7.09. The predicted molar refractivity (Wildman–Crippen MR) is 76.5 cm³/mol. The molecule has 1 aromatic rings. The molecular weight excluding hydrogens is 270 g/mol. The van der Waals surface area contributed by atoms with Crippen molar-refractivity contribution in [1.82, 2.24) is 0 Å². The first-order valence-electron chi connectivity index (χ1n) is 6.94. The molecule has 2 unspecified atom stereocenters. The number of rotatable bonds is 5. The van der Waals surface area contributed by atoms with Crippen molar-refractivity contribution in [2.24, 2.45) is 5.92 Å². The van der Waals surface area contributed by atoms with Crippen LogP contribution >= 0.6 is 0 Å². The fraction of sp³-hybridized carbons (Fsp3) is 0.500. The molecule has 0 spiro atoms. The SMILES string of the molecule is COc1ccc(C(C#N)C(=O)C2CCCOC2)cc1OC. The van der Waals surface area contributed by atoms with Gasteiger partial charge in [0.15, 0.2) is 17.3 Å². The second-order valence-electron chi connectivity index (χ2n) is 4.99. The number of Topliss-reactive ketones (excluding diaryl/α,β-unsaturated/α-hetero) is 1. The molecular formula is C16H19NO4. The third kappa shape index (κ3) is 3.34. The van der Waals surface area contributed by atoms with Gasteiger partial charge in [-0.2, -0.15) is 5.26 Å². The van der Waals surface area contributed by atoms with Crippen molar-refractivity contribution in [1.29, 1.82) is 5.26 Å². The van der Waals surface area contributed by atoms with Gasteiger partial charge in [0.1, 0.15) is 5.92 Å². The van der Waals surface area contributed by atoms with Crippen LogP contribution < -0.4 is 9.47 Å². The first-order valence-corrected chi connectivity index (χ1v) is 6.94. The molecule has 0 bridgehead atoms. The van der Waals surface area contributed by atoms with Crippen LogP contribution in [0.5, 0.6) is 11.5 Å². The number of hydrogen-bond donors (Lipinski definition) is 0. The molecule has 1 saturated heterocycles. The minimum absolute atomic E-state index is 0.0792. The molecule has 1 aliphatic heterocycles. The van der Waals surface area contributed by atoms with Gasteiger partial charge in [-0.15, -0.1) is 0 Å². The molecule has 2 atom stereocenters. The zero-order chi connectivity index (χ0) is 15.2. The number of carbonyl (C=O) groups excluding carboxylic acids is 1. The third-order valence-corrected chi connectivity index (χ3v) is 3.72. The Morgan fingerprint density at radius 3 is 2.71 bits per heavy atom. The molecule has 0 saturated carbocycles. The molecule has 1 heterocycles. The molecule has 1 fully saturated rings. The maximum atomic E-state index is 12.5. The number of methoxy groups -OCH3 is 2. The molecule has 21 heavy (non-hydrogen) atoms. The number of carbonyl (C=O) groups is 1. The van der Waals surface area contributed by atoms with Crippen molar-refractivity contribution in [3.8, 4) is 17.6 Å². The molecule has 0 N–H and O–H groups in total. The number of nitrogens with zero attached hydrogens (tertiary/aromatic N) is 1. The Morgan fingerprint density at radius 2 is 2.14 bits per heavy atom. The van der Waals surface area contributed by atoms with E-state index in [9.17, 15) is 10.1 Å². The van der Waals surface area contributed by atoms with E-state index in [0.29, 0.717) is 30.3 Å². The highest BCUT2D eigenvalue weighted by molar-refractivity contribution is 5.90. The number of hydrogen-bond acceptors (Lipinski definition) is 5. The van der Waals surface area contributed by atoms with Gasteiger partial charge in [-0.1, -0.05) is 6.07 Å². The zero-order valence-corrected chi connectivity index (χ0v) is 12.3. The van der Waals surface area contributed by atoms with Gasteiger partial charge >= 0.3 is 0 Å². The summed E-state index contributed by atoms with van der Waals surface area (Å²) in [5.74, 6) is 0.0201. The minimum Gasteiger partial charge on any atom is -0.493 e. The highest BCUT2D eigenvalue weighted by Gasteiger charge is 2.30. The van der Waals surface area contributed by atoms with E-state index < -0.39 is 5.92 Å². The number of ketones is 1. The van der Waals surface area contributed by atoms with Gasteiger partial charge in [0.25, 0.3) is 0 Å². The van der Waals surface area contributed by atoms with Crippen molar-refractivity contribution in [2.75, 3.05) is 27.4 Å². The standard InChI is InChI=1S/C16H19NO4/c1-19-14-6-5-11(8-15(14)20-2)13(9-17)16(18)12-4-3-7-21-10-12/h5-6,8,12-13H,3-4,7,10H2,1-2H3. The summed E-state index contributed by atoms with van der Waals surface area (Å²) in [4.78, 5) is 12.5. The van der Waals surface area contributed by atoms with Crippen LogP contribution in [-0.4, -0.2) is 33.2 Å². The summed E-state index contributed by atoms with van der Waals surface area (Å²) in [5, 5.41) is 9.39.